The molecule has 2 heteroatoms. The number of nitrogens with one attached hydrogen (secondary N) is 2. The Kier molecular flexibility index (Phi) is 3.61. The minimum Gasteiger partial charge on any atom is -0.361 e. The van der Waals surface area contributed by atoms with Gasteiger partial charge in [-0.3, -0.25) is 0 Å². The quantitative estimate of drug-likeness (QED) is 0.823. The summed E-state index contributed by atoms with van der Waals surface area (Å²) in [5.41, 5.74) is 3.19. The second kappa shape index (κ2) is 5.38. The highest BCUT2D eigenvalue weighted by Crippen LogP contribution is 2.40. The maximum absolute atomic E-state index is 3.68. The minimum absolute atomic E-state index is 0.582. The lowest BCUT2D eigenvalue weighted by molar-refractivity contribution is 0.268. The van der Waals surface area contributed by atoms with E-state index in [4.69, 9.17) is 0 Å². The van der Waals surface area contributed by atoms with Crippen molar-refractivity contribution in [1.29, 1.82) is 0 Å². The van der Waals surface area contributed by atoms with Crippen LogP contribution >= 0.6 is 0 Å². The smallest absolute Gasteiger partial charge is 0.0454 e. The van der Waals surface area contributed by atoms with E-state index in [1.807, 2.05) is 6.20 Å². The van der Waals surface area contributed by atoms with Gasteiger partial charge in [0.2, 0.25) is 0 Å². The summed E-state index contributed by atoms with van der Waals surface area (Å²) in [6.45, 7) is 4.51. The fraction of sp³-hybridized carbons (Fsp3) is 0.529. The molecule has 0 saturated heterocycles. The molecule has 1 aliphatic rings. The van der Waals surface area contributed by atoms with E-state index in [0.717, 1.165) is 6.54 Å². The molecule has 0 atom stereocenters. The Bertz CT molecular complexity index is 535. The van der Waals surface area contributed by atoms with Crippen LogP contribution in [0.4, 0.5) is 0 Å². The number of fused-ring (bicyclic) bond motifs is 1. The van der Waals surface area contributed by atoms with Crippen LogP contribution in [0.15, 0.2) is 30.5 Å². The van der Waals surface area contributed by atoms with Crippen molar-refractivity contribution >= 4 is 10.9 Å². The topological polar surface area (TPSA) is 27.8 Å². The van der Waals surface area contributed by atoms with E-state index < -0.39 is 0 Å². The van der Waals surface area contributed by atoms with E-state index in [1.165, 1.54) is 55.1 Å². The molecule has 0 amide bonds. The molecule has 1 fully saturated rings. The van der Waals surface area contributed by atoms with Crippen molar-refractivity contribution in [2.24, 2.45) is 5.41 Å². The van der Waals surface area contributed by atoms with Crippen molar-refractivity contribution in [3.8, 4) is 0 Å². The van der Waals surface area contributed by atoms with Crippen LogP contribution in [0.5, 0.6) is 0 Å². The molecular formula is C17H24N2. The predicted octanol–water partition coefficient (Wildman–Crippen LogP) is 4.23. The zero-order chi connectivity index (χ0) is 13.1. The lowest BCUT2D eigenvalue weighted by atomic mass is 9.83. The van der Waals surface area contributed by atoms with Gasteiger partial charge in [-0.2, -0.15) is 0 Å². The molecule has 0 unspecified atom stereocenters. The van der Waals surface area contributed by atoms with E-state index in [0.29, 0.717) is 5.41 Å². The maximum Gasteiger partial charge on any atom is 0.0454 e. The summed E-state index contributed by atoms with van der Waals surface area (Å²) in [6, 6.07) is 8.83. The number of rotatable bonds is 5. The second-order valence-corrected chi connectivity index (χ2v) is 6.06. The summed E-state index contributed by atoms with van der Waals surface area (Å²) in [5.74, 6) is 0. The Labute approximate surface area is 115 Å². The number of hydrogen-bond acceptors (Lipinski definition) is 1. The number of H-pyrrole nitrogens is 1. The SMILES string of the molecule is CCC1(CNCc2ccc3[nH]ccc3c2)CCCC1. The first-order chi connectivity index (χ1) is 9.31. The van der Waals surface area contributed by atoms with Gasteiger partial charge in [-0.15, -0.1) is 0 Å². The van der Waals surface area contributed by atoms with Gasteiger partial charge in [-0.25, -0.2) is 0 Å². The van der Waals surface area contributed by atoms with Crippen LogP contribution in [0, 0.1) is 5.41 Å². The lowest BCUT2D eigenvalue weighted by Crippen LogP contribution is -2.31. The van der Waals surface area contributed by atoms with Crippen molar-refractivity contribution < 1.29 is 0 Å². The molecule has 1 saturated carbocycles. The first-order valence-corrected chi connectivity index (χ1v) is 7.58. The molecule has 1 aromatic carbocycles. The monoisotopic (exact) mass is 256 g/mol. The Morgan fingerprint density at radius 1 is 1.21 bits per heavy atom. The Hall–Kier alpha value is -1.28. The number of aromatic nitrogens is 1. The van der Waals surface area contributed by atoms with Crippen LogP contribution in [0.1, 0.15) is 44.6 Å². The molecule has 0 spiro atoms. The van der Waals surface area contributed by atoms with E-state index in [2.05, 4.69) is 41.5 Å². The molecule has 2 nitrogen and oxygen atoms in total. The first-order valence-electron chi connectivity index (χ1n) is 7.58. The molecular weight excluding hydrogens is 232 g/mol. The van der Waals surface area contributed by atoms with Crippen LogP contribution in [0.3, 0.4) is 0 Å². The van der Waals surface area contributed by atoms with Crippen molar-refractivity contribution in [2.45, 2.75) is 45.6 Å². The molecule has 102 valence electrons. The molecule has 0 aliphatic heterocycles. The minimum atomic E-state index is 0.582. The summed E-state index contributed by atoms with van der Waals surface area (Å²) in [7, 11) is 0. The van der Waals surface area contributed by atoms with Gasteiger partial charge in [0.25, 0.3) is 0 Å². The van der Waals surface area contributed by atoms with Crippen LogP contribution in [0.2, 0.25) is 0 Å². The number of aromatic amines is 1. The van der Waals surface area contributed by atoms with Crippen molar-refractivity contribution in [2.75, 3.05) is 6.54 Å². The summed E-state index contributed by atoms with van der Waals surface area (Å²) in [6.07, 6.45) is 8.99. The van der Waals surface area contributed by atoms with Gasteiger partial charge < -0.3 is 10.3 Å². The van der Waals surface area contributed by atoms with Gasteiger partial charge >= 0.3 is 0 Å². The average Bonchev–Trinajstić information content (AvgIpc) is 3.07. The summed E-state index contributed by atoms with van der Waals surface area (Å²) >= 11 is 0. The van der Waals surface area contributed by atoms with Crippen molar-refractivity contribution in [3.63, 3.8) is 0 Å². The van der Waals surface area contributed by atoms with Crippen LogP contribution < -0.4 is 5.32 Å². The molecule has 3 rings (SSSR count). The Morgan fingerprint density at radius 3 is 2.84 bits per heavy atom. The van der Waals surface area contributed by atoms with Crippen molar-refractivity contribution in [3.05, 3.63) is 36.0 Å². The van der Waals surface area contributed by atoms with Gasteiger partial charge in [0.15, 0.2) is 0 Å². The van der Waals surface area contributed by atoms with Gasteiger partial charge in [-0.1, -0.05) is 25.8 Å². The van der Waals surface area contributed by atoms with Crippen molar-refractivity contribution in [1.82, 2.24) is 10.3 Å². The lowest BCUT2D eigenvalue weighted by Gasteiger charge is -2.27. The Balaban J connectivity index is 1.59. The Morgan fingerprint density at radius 2 is 2.05 bits per heavy atom. The van der Waals surface area contributed by atoms with E-state index in [1.54, 1.807) is 0 Å². The molecule has 0 bridgehead atoms. The molecule has 19 heavy (non-hydrogen) atoms. The fourth-order valence-corrected chi connectivity index (χ4v) is 3.47. The second-order valence-electron chi connectivity index (χ2n) is 6.06. The van der Waals surface area contributed by atoms with Gasteiger partial charge in [-0.05, 0) is 53.8 Å². The highest BCUT2D eigenvalue weighted by molar-refractivity contribution is 5.79. The fourth-order valence-electron chi connectivity index (χ4n) is 3.47. The summed E-state index contributed by atoms with van der Waals surface area (Å²) in [5, 5.41) is 4.99. The third kappa shape index (κ3) is 2.69. The zero-order valence-corrected chi connectivity index (χ0v) is 11.8. The van der Waals surface area contributed by atoms with Crippen LogP contribution in [0.25, 0.3) is 10.9 Å². The zero-order valence-electron chi connectivity index (χ0n) is 11.8. The molecule has 2 aromatic rings. The first kappa shape index (κ1) is 12.7. The number of hydrogen-bond donors (Lipinski definition) is 2. The summed E-state index contributed by atoms with van der Waals surface area (Å²) < 4.78 is 0. The third-order valence-corrected chi connectivity index (χ3v) is 4.86. The van der Waals surface area contributed by atoms with Crippen LogP contribution in [-0.2, 0) is 6.54 Å². The van der Waals surface area contributed by atoms with Crippen LogP contribution in [-0.4, -0.2) is 11.5 Å². The highest BCUT2D eigenvalue weighted by atomic mass is 14.9. The van der Waals surface area contributed by atoms with Gasteiger partial charge in [0, 0.05) is 24.8 Å². The normalized spacial score (nSPS) is 18.2. The largest absolute Gasteiger partial charge is 0.361 e. The third-order valence-electron chi connectivity index (χ3n) is 4.86. The molecule has 0 radical (unpaired) electrons. The average molecular weight is 256 g/mol. The van der Waals surface area contributed by atoms with E-state index in [9.17, 15) is 0 Å². The van der Waals surface area contributed by atoms with E-state index in [-0.39, 0.29) is 0 Å². The highest BCUT2D eigenvalue weighted by Gasteiger charge is 2.31. The maximum atomic E-state index is 3.68. The molecule has 2 N–H and O–H groups in total. The predicted molar refractivity (Wildman–Crippen MR) is 81.2 cm³/mol. The standard InChI is InChI=1S/C17H24N2/c1-2-17(8-3-4-9-17)13-18-12-14-5-6-16-15(11-14)7-10-19-16/h5-7,10-11,18-19H,2-4,8-9,12-13H2,1H3. The molecule has 1 heterocycles. The van der Waals surface area contributed by atoms with E-state index >= 15 is 0 Å². The molecule has 1 aromatic heterocycles. The number of benzene rings is 1. The van der Waals surface area contributed by atoms with Gasteiger partial charge in [0.05, 0.1) is 0 Å². The molecule has 1 aliphatic carbocycles. The van der Waals surface area contributed by atoms with Gasteiger partial charge in [0.1, 0.15) is 0 Å². The summed E-state index contributed by atoms with van der Waals surface area (Å²) in [4.78, 5) is 3.24.